The molecular formula is C12H14F3NO2S. The number of aliphatic carboxylic acids is 1. The Morgan fingerprint density at radius 3 is 2.32 bits per heavy atom. The third-order valence-corrected chi connectivity index (χ3v) is 3.07. The normalized spacial score (nSPS) is 11.8. The van der Waals surface area contributed by atoms with E-state index in [2.05, 4.69) is 0 Å². The van der Waals surface area contributed by atoms with Gasteiger partial charge in [-0.3, -0.25) is 9.69 Å². The Balaban J connectivity index is 2.72. The third-order valence-electron chi connectivity index (χ3n) is 2.33. The van der Waals surface area contributed by atoms with E-state index in [-0.39, 0.29) is 6.54 Å². The van der Waals surface area contributed by atoms with Gasteiger partial charge in [0.15, 0.2) is 0 Å². The fourth-order valence-electron chi connectivity index (χ4n) is 1.60. The highest BCUT2D eigenvalue weighted by Crippen LogP contribution is 2.19. The molecule has 0 aromatic heterocycles. The maximum atomic E-state index is 12.3. The summed E-state index contributed by atoms with van der Waals surface area (Å²) in [6.45, 7) is -1.91. The van der Waals surface area contributed by atoms with Gasteiger partial charge in [-0.05, 0) is 24.0 Å². The van der Waals surface area contributed by atoms with Crippen molar-refractivity contribution in [1.29, 1.82) is 0 Å². The molecule has 0 aliphatic heterocycles. The SMILES string of the molecule is CSc1ccc(CN(CC(=O)O)CC(F)(F)F)cc1. The lowest BCUT2D eigenvalue weighted by molar-refractivity contribution is -0.154. The van der Waals surface area contributed by atoms with E-state index in [1.54, 1.807) is 24.3 Å². The molecule has 0 spiro atoms. The number of carboxylic acids is 1. The lowest BCUT2D eigenvalue weighted by atomic mass is 10.2. The van der Waals surface area contributed by atoms with Gasteiger partial charge in [-0.2, -0.15) is 13.2 Å². The Kier molecular flexibility index (Phi) is 5.68. The number of alkyl halides is 3. The van der Waals surface area contributed by atoms with Crippen molar-refractivity contribution >= 4 is 17.7 Å². The summed E-state index contributed by atoms with van der Waals surface area (Å²) in [7, 11) is 0. The molecule has 106 valence electrons. The number of carboxylic acid groups (broad SMARTS) is 1. The first kappa shape index (κ1) is 15.8. The second-order valence-corrected chi connectivity index (χ2v) is 4.88. The van der Waals surface area contributed by atoms with Crippen molar-refractivity contribution in [3.05, 3.63) is 29.8 Å². The van der Waals surface area contributed by atoms with Crippen LogP contribution in [-0.4, -0.2) is 41.5 Å². The molecule has 0 aliphatic rings. The van der Waals surface area contributed by atoms with E-state index >= 15 is 0 Å². The number of hydrogen-bond acceptors (Lipinski definition) is 3. The van der Waals surface area contributed by atoms with Gasteiger partial charge in [-0.25, -0.2) is 0 Å². The number of rotatable bonds is 6. The van der Waals surface area contributed by atoms with Gasteiger partial charge in [-0.1, -0.05) is 12.1 Å². The molecule has 1 aromatic carbocycles. The predicted octanol–water partition coefficient (Wildman–Crippen LogP) is 2.86. The van der Waals surface area contributed by atoms with E-state index in [9.17, 15) is 18.0 Å². The van der Waals surface area contributed by atoms with Crippen molar-refractivity contribution in [2.45, 2.75) is 17.6 Å². The Labute approximate surface area is 113 Å². The van der Waals surface area contributed by atoms with Crippen LogP contribution in [0.2, 0.25) is 0 Å². The molecule has 0 atom stereocenters. The number of carbonyl (C=O) groups is 1. The van der Waals surface area contributed by atoms with Crippen LogP contribution < -0.4 is 0 Å². The number of thioether (sulfide) groups is 1. The van der Waals surface area contributed by atoms with Crippen LogP contribution in [0.1, 0.15) is 5.56 Å². The molecule has 0 heterocycles. The average molecular weight is 293 g/mol. The molecule has 0 saturated heterocycles. The second kappa shape index (κ2) is 6.81. The van der Waals surface area contributed by atoms with Crippen LogP contribution >= 0.6 is 11.8 Å². The second-order valence-electron chi connectivity index (χ2n) is 4.00. The standard InChI is InChI=1S/C12H14F3NO2S/c1-19-10-4-2-9(3-5-10)6-16(7-11(17)18)8-12(13,14)15/h2-5H,6-8H2,1H3,(H,17,18). The van der Waals surface area contributed by atoms with Crippen LogP contribution in [0, 0.1) is 0 Å². The Hall–Kier alpha value is -1.21. The summed E-state index contributed by atoms with van der Waals surface area (Å²) < 4.78 is 37.0. The molecule has 0 bridgehead atoms. The van der Waals surface area contributed by atoms with Gasteiger partial charge in [-0.15, -0.1) is 11.8 Å². The van der Waals surface area contributed by atoms with Crippen LogP contribution in [0.25, 0.3) is 0 Å². The summed E-state index contributed by atoms with van der Waals surface area (Å²) in [5.41, 5.74) is 0.656. The van der Waals surface area contributed by atoms with Gasteiger partial charge < -0.3 is 5.11 Å². The monoisotopic (exact) mass is 293 g/mol. The summed E-state index contributed by atoms with van der Waals surface area (Å²) in [4.78, 5) is 12.4. The summed E-state index contributed by atoms with van der Waals surface area (Å²) in [6, 6.07) is 7.01. The van der Waals surface area contributed by atoms with E-state index < -0.39 is 25.2 Å². The van der Waals surface area contributed by atoms with Crippen molar-refractivity contribution in [2.75, 3.05) is 19.3 Å². The summed E-state index contributed by atoms with van der Waals surface area (Å²) >= 11 is 1.53. The van der Waals surface area contributed by atoms with E-state index in [0.717, 1.165) is 9.80 Å². The quantitative estimate of drug-likeness (QED) is 0.819. The average Bonchev–Trinajstić information content (AvgIpc) is 2.26. The Morgan fingerprint density at radius 2 is 1.89 bits per heavy atom. The van der Waals surface area contributed by atoms with Crippen LogP contribution in [0.4, 0.5) is 13.2 Å². The fourth-order valence-corrected chi connectivity index (χ4v) is 2.01. The molecule has 0 unspecified atom stereocenters. The molecule has 1 aromatic rings. The van der Waals surface area contributed by atoms with Crippen LogP contribution in [-0.2, 0) is 11.3 Å². The zero-order valence-electron chi connectivity index (χ0n) is 10.3. The number of benzene rings is 1. The Morgan fingerprint density at radius 1 is 1.32 bits per heavy atom. The topological polar surface area (TPSA) is 40.5 Å². The molecule has 3 nitrogen and oxygen atoms in total. The van der Waals surface area contributed by atoms with E-state index in [4.69, 9.17) is 5.11 Å². The van der Waals surface area contributed by atoms with Crippen molar-refractivity contribution in [2.24, 2.45) is 0 Å². The minimum atomic E-state index is -4.41. The van der Waals surface area contributed by atoms with Crippen LogP contribution in [0.5, 0.6) is 0 Å². The minimum absolute atomic E-state index is 0.0412. The lowest BCUT2D eigenvalue weighted by Crippen LogP contribution is -2.37. The summed E-state index contributed by atoms with van der Waals surface area (Å²) in [5.74, 6) is -1.27. The van der Waals surface area contributed by atoms with Gasteiger partial charge in [0.2, 0.25) is 0 Å². The maximum Gasteiger partial charge on any atom is 0.401 e. The number of hydrogen-bond donors (Lipinski definition) is 1. The van der Waals surface area contributed by atoms with Crippen LogP contribution in [0.15, 0.2) is 29.2 Å². The number of halogens is 3. The molecular weight excluding hydrogens is 279 g/mol. The highest BCUT2D eigenvalue weighted by atomic mass is 32.2. The number of nitrogens with zero attached hydrogens (tertiary/aromatic N) is 1. The Bertz CT molecular complexity index is 420. The molecule has 1 rings (SSSR count). The third kappa shape index (κ3) is 6.49. The predicted molar refractivity (Wildman–Crippen MR) is 67.2 cm³/mol. The highest BCUT2D eigenvalue weighted by molar-refractivity contribution is 7.98. The zero-order chi connectivity index (χ0) is 14.5. The van der Waals surface area contributed by atoms with Gasteiger partial charge in [0.25, 0.3) is 0 Å². The lowest BCUT2D eigenvalue weighted by Gasteiger charge is -2.21. The summed E-state index contributed by atoms with van der Waals surface area (Å²) in [6.07, 6.45) is -2.51. The van der Waals surface area contributed by atoms with E-state index in [0.29, 0.717) is 5.56 Å². The molecule has 0 amide bonds. The van der Waals surface area contributed by atoms with Gasteiger partial charge in [0.05, 0.1) is 13.1 Å². The highest BCUT2D eigenvalue weighted by Gasteiger charge is 2.31. The van der Waals surface area contributed by atoms with Crippen LogP contribution in [0.3, 0.4) is 0 Å². The first-order valence-corrected chi connectivity index (χ1v) is 6.66. The van der Waals surface area contributed by atoms with Gasteiger partial charge in [0, 0.05) is 11.4 Å². The molecule has 0 fully saturated rings. The first-order chi connectivity index (χ1) is 8.80. The largest absolute Gasteiger partial charge is 0.480 e. The van der Waals surface area contributed by atoms with E-state index in [1.807, 2.05) is 6.26 Å². The first-order valence-electron chi connectivity index (χ1n) is 5.44. The summed E-state index contributed by atoms with van der Waals surface area (Å²) in [5, 5.41) is 8.63. The molecule has 19 heavy (non-hydrogen) atoms. The molecule has 0 saturated carbocycles. The van der Waals surface area contributed by atoms with Crippen molar-refractivity contribution in [3.63, 3.8) is 0 Å². The van der Waals surface area contributed by atoms with Crippen molar-refractivity contribution in [1.82, 2.24) is 4.90 Å². The van der Waals surface area contributed by atoms with E-state index in [1.165, 1.54) is 11.8 Å². The minimum Gasteiger partial charge on any atom is -0.480 e. The molecule has 1 N–H and O–H groups in total. The van der Waals surface area contributed by atoms with Gasteiger partial charge in [0.1, 0.15) is 0 Å². The molecule has 0 aliphatic carbocycles. The molecule has 0 radical (unpaired) electrons. The fraction of sp³-hybridized carbons (Fsp3) is 0.417. The zero-order valence-corrected chi connectivity index (χ0v) is 11.1. The smallest absolute Gasteiger partial charge is 0.401 e. The van der Waals surface area contributed by atoms with Crippen molar-refractivity contribution < 1.29 is 23.1 Å². The maximum absolute atomic E-state index is 12.3. The van der Waals surface area contributed by atoms with Gasteiger partial charge >= 0.3 is 12.1 Å². The molecule has 7 heteroatoms. The van der Waals surface area contributed by atoms with Crippen molar-refractivity contribution in [3.8, 4) is 0 Å².